The molecule has 1 unspecified atom stereocenters. The van der Waals surface area contributed by atoms with E-state index in [-0.39, 0.29) is 16.8 Å². The molecule has 26 heavy (non-hydrogen) atoms. The van der Waals surface area contributed by atoms with Crippen LogP contribution in [0.3, 0.4) is 0 Å². The van der Waals surface area contributed by atoms with Gasteiger partial charge in [-0.2, -0.15) is 4.31 Å². The lowest BCUT2D eigenvalue weighted by Gasteiger charge is -2.30. The van der Waals surface area contributed by atoms with Crippen LogP contribution in [0.1, 0.15) is 61.5 Å². The zero-order valence-corrected chi connectivity index (χ0v) is 17.7. The minimum atomic E-state index is -3.58. The van der Waals surface area contributed by atoms with E-state index in [1.807, 2.05) is 27.7 Å². The highest BCUT2D eigenvalue weighted by atomic mass is 32.2. The Bertz CT molecular complexity index is 766. The third-order valence-electron chi connectivity index (χ3n) is 5.80. The molecule has 1 atom stereocenters. The van der Waals surface area contributed by atoms with Crippen molar-refractivity contribution in [2.24, 2.45) is 5.92 Å². The topological polar surface area (TPSA) is 57.7 Å². The Morgan fingerprint density at radius 3 is 2.38 bits per heavy atom. The van der Waals surface area contributed by atoms with Crippen molar-refractivity contribution in [1.82, 2.24) is 9.21 Å². The smallest absolute Gasteiger partial charge is 0.253 e. The number of carbonyl (C=O) groups is 1. The molecule has 1 aliphatic heterocycles. The van der Waals surface area contributed by atoms with Crippen LogP contribution in [0.2, 0.25) is 0 Å². The van der Waals surface area contributed by atoms with Gasteiger partial charge in [-0.15, -0.1) is 0 Å². The van der Waals surface area contributed by atoms with Gasteiger partial charge in [-0.25, -0.2) is 8.42 Å². The fourth-order valence-corrected chi connectivity index (χ4v) is 5.05. The van der Waals surface area contributed by atoms with Gasteiger partial charge in [0, 0.05) is 31.7 Å². The lowest BCUT2D eigenvalue weighted by atomic mass is 10.0. The second-order valence-corrected chi connectivity index (χ2v) is 9.58. The van der Waals surface area contributed by atoms with Crippen molar-refractivity contribution in [2.45, 2.75) is 64.8 Å². The Hall–Kier alpha value is -1.40. The Morgan fingerprint density at radius 2 is 1.85 bits per heavy atom. The molecule has 5 nitrogen and oxygen atoms in total. The van der Waals surface area contributed by atoms with E-state index in [1.165, 1.54) is 0 Å². The maximum Gasteiger partial charge on any atom is 0.253 e. The van der Waals surface area contributed by atoms with Crippen LogP contribution in [0.5, 0.6) is 0 Å². The Morgan fingerprint density at radius 1 is 1.27 bits per heavy atom. The summed E-state index contributed by atoms with van der Waals surface area (Å²) in [5, 5.41) is 0. The summed E-state index contributed by atoms with van der Waals surface area (Å²) in [5.74, 6) is 0.424. The second kappa shape index (κ2) is 8.09. The number of hydrogen-bond donors (Lipinski definition) is 0. The van der Waals surface area contributed by atoms with Crippen LogP contribution in [0.25, 0.3) is 0 Å². The maximum absolute atomic E-state index is 13.2. The van der Waals surface area contributed by atoms with E-state index in [2.05, 4.69) is 6.92 Å². The van der Waals surface area contributed by atoms with Crippen molar-refractivity contribution in [3.63, 3.8) is 0 Å². The number of benzene rings is 1. The van der Waals surface area contributed by atoms with Gasteiger partial charge >= 0.3 is 0 Å². The maximum atomic E-state index is 13.2. The molecular formula is C20H32N2O3S. The molecule has 0 saturated carbocycles. The average molecular weight is 381 g/mol. The predicted molar refractivity (Wildman–Crippen MR) is 105 cm³/mol. The lowest BCUT2D eigenvalue weighted by molar-refractivity contribution is 0.0740. The summed E-state index contributed by atoms with van der Waals surface area (Å²) in [5.41, 5.74) is 2.00. The summed E-state index contributed by atoms with van der Waals surface area (Å²) < 4.78 is 28.0. The Kier molecular flexibility index (Phi) is 6.51. The summed E-state index contributed by atoms with van der Waals surface area (Å²) in [6.45, 7) is 11.0. The van der Waals surface area contributed by atoms with Gasteiger partial charge in [0.1, 0.15) is 0 Å². The minimum absolute atomic E-state index is 0.104. The largest absolute Gasteiger partial charge is 0.339 e. The van der Waals surface area contributed by atoms with Gasteiger partial charge in [0.05, 0.1) is 4.90 Å². The van der Waals surface area contributed by atoms with Crippen molar-refractivity contribution < 1.29 is 13.2 Å². The molecule has 0 radical (unpaired) electrons. The molecule has 2 rings (SSSR count). The molecule has 1 aromatic carbocycles. The first-order valence-corrected chi connectivity index (χ1v) is 10.9. The highest BCUT2D eigenvalue weighted by molar-refractivity contribution is 7.89. The van der Waals surface area contributed by atoms with Crippen LogP contribution in [0.15, 0.2) is 17.0 Å². The quantitative estimate of drug-likeness (QED) is 0.784. The van der Waals surface area contributed by atoms with Gasteiger partial charge in [0.25, 0.3) is 5.91 Å². The number of nitrogens with zero attached hydrogens (tertiary/aromatic N) is 2. The van der Waals surface area contributed by atoms with E-state index in [0.29, 0.717) is 24.6 Å². The average Bonchev–Trinajstić information content (AvgIpc) is 2.62. The van der Waals surface area contributed by atoms with E-state index < -0.39 is 10.0 Å². The minimum Gasteiger partial charge on any atom is -0.339 e. The lowest BCUT2D eigenvalue weighted by Crippen LogP contribution is -2.38. The molecule has 0 spiro atoms. The van der Waals surface area contributed by atoms with Gasteiger partial charge in [0.2, 0.25) is 10.0 Å². The number of carbonyl (C=O) groups excluding carboxylic acids is 1. The third-order valence-corrected chi connectivity index (χ3v) is 7.82. The summed E-state index contributed by atoms with van der Waals surface area (Å²) in [7, 11) is -1.81. The van der Waals surface area contributed by atoms with Crippen LogP contribution in [0.4, 0.5) is 0 Å². The monoisotopic (exact) mass is 380 g/mol. The van der Waals surface area contributed by atoms with Crippen molar-refractivity contribution in [1.29, 1.82) is 0 Å². The Labute approximate surface area is 158 Å². The zero-order valence-electron chi connectivity index (χ0n) is 16.9. The van der Waals surface area contributed by atoms with Gasteiger partial charge in [-0.1, -0.05) is 13.8 Å². The number of hydrogen-bond acceptors (Lipinski definition) is 3. The molecular weight excluding hydrogens is 348 g/mol. The number of sulfonamides is 1. The van der Waals surface area contributed by atoms with Gasteiger partial charge in [-0.3, -0.25) is 4.79 Å². The van der Waals surface area contributed by atoms with E-state index >= 15 is 0 Å². The highest BCUT2D eigenvalue weighted by Gasteiger charge is 2.31. The van der Waals surface area contributed by atoms with Gasteiger partial charge in [-0.05, 0) is 69.2 Å². The molecule has 0 N–H and O–H groups in total. The van der Waals surface area contributed by atoms with Crippen LogP contribution in [-0.2, 0) is 10.0 Å². The molecule has 1 aromatic rings. The molecule has 0 aromatic heterocycles. The predicted octanol–water partition coefficient (Wildman–Crippen LogP) is 3.59. The molecule has 146 valence electrons. The molecule has 1 heterocycles. The van der Waals surface area contributed by atoms with E-state index in [4.69, 9.17) is 0 Å². The van der Waals surface area contributed by atoms with E-state index in [0.717, 1.165) is 30.4 Å². The van der Waals surface area contributed by atoms with Crippen LogP contribution < -0.4 is 0 Å². The fraction of sp³-hybridized carbons (Fsp3) is 0.650. The Balaban J connectivity index is 2.43. The summed E-state index contributed by atoms with van der Waals surface area (Å²) in [6.07, 6.45) is 2.61. The van der Waals surface area contributed by atoms with Crippen molar-refractivity contribution in [3.8, 4) is 0 Å². The molecule has 1 fully saturated rings. The summed E-state index contributed by atoms with van der Waals surface area (Å²) in [6, 6.07) is 3.47. The molecule has 1 amide bonds. The fourth-order valence-electron chi connectivity index (χ4n) is 3.26. The SMILES string of the molecule is CCC(C)N(C)C(=O)c1cc(C)c(C)c(S(=O)(=O)N2CCC(C)CC2)c1. The standard InChI is InChI=1S/C20H32N2O3S/c1-7-16(4)21(6)20(23)18-12-15(3)17(5)19(13-18)26(24,25)22-10-8-14(2)9-11-22/h12-14,16H,7-11H2,1-6H3. The molecule has 1 aliphatic rings. The number of aryl methyl sites for hydroxylation is 1. The molecule has 1 saturated heterocycles. The summed E-state index contributed by atoms with van der Waals surface area (Å²) >= 11 is 0. The molecule has 0 bridgehead atoms. The van der Waals surface area contributed by atoms with Crippen LogP contribution in [-0.4, -0.2) is 49.7 Å². The van der Waals surface area contributed by atoms with Gasteiger partial charge in [0.15, 0.2) is 0 Å². The first-order valence-electron chi connectivity index (χ1n) is 9.48. The van der Waals surface area contributed by atoms with E-state index in [9.17, 15) is 13.2 Å². The normalized spacial score (nSPS) is 17.9. The van der Waals surface area contributed by atoms with Crippen LogP contribution >= 0.6 is 0 Å². The first kappa shape index (κ1) is 20.9. The molecule has 6 heteroatoms. The highest BCUT2D eigenvalue weighted by Crippen LogP contribution is 2.28. The number of piperidine rings is 1. The van der Waals surface area contributed by atoms with Gasteiger partial charge < -0.3 is 4.90 Å². The zero-order chi connectivity index (χ0) is 19.6. The van der Waals surface area contributed by atoms with Crippen molar-refractivity contribution in [3.05, 3.63) is 28.8 Å². The number of rotatable bonds is 5. The van der Waals surface area contributed by atoms with Crippen LogP contribution in [0, 0.1) is 19.8 Å². The summed E-state index contributed by atoms with van der Waals surface area (Å²) in [4.78, 5) is 14.8. The first-order chi connectivity index (χ1) is 12.1. The number of amides is 1. The molecule has 0 aliphatic carbocycles. The van der Waals surface area contributed by atoms with E-state index in [1.54, 1.807) is 28.4 Å². The van der Waals surface area contributed by atoms with Crippen molar-refractivity contribution >= 4 is 15.9 Å². The van der Waals surface area contributed by atoms with Crippen molar-refractivity contribution in [2.75, 3.05) is 20.1 Å². The third kappa shape index (κ3) is 4.12. The second-order valence-electron chi connectivity index (χ2n) is 7.68.